The molecule has 0 aromatic carbocycles. The highest BCUT2D eigenvalue weighted by Crippen LogP contribution is 2.25. The molecular weight excluding hydrogens is 259 g/mol. The van der Waals surface area contributed by atoms with Crippen molar-refractivity contribution >= 4 is 5.97 Å². The lowest BCUT2D eigenvalue weighted by atomic mass is 10.0. The van der Waals surface area contributed by atoms with Crippen molar-refractivity contribution in [3.63, 3.8) is 0 Å². The zero-order valence-electron chi connectivity index (χ0n) is 11.3. The second-order valence-electron chi connectivity index (χ2n) is 4.89. The summed E-state index contributed by atoms with van der Waals surface area (Å²) in [7, 11) is 0. The van der Waals surface area contributed by atoms with Crippen LogP contribution in [0.1, 0.15) is 39.5 Å². The minimum absolute atomic E-state index is 0.117. The maximum absolute atomic E-state index is 12.8. The molecule has 0 spiro atoms. The number of rotatable bonds is 9. The largest absolute Gasteiger partial charge is 0.480 e. The lowest BCUT2D eigenvalue weighted by molar-refractivity contribution is -0.164. The molecule has 0 aliphatic heterocycles. The molecule has 0 heterocycles. The van der Waals surface area contributed by atoms with Crippen LogP contribution in [0.15, 0.2) is 12.7 Å². The molecule has 112 valence electrons. The fraction of sp³-hybridized carbons (Fsp3) is 0.769. The highest BCUT2D eigenvalue weighted by Gasteiger charge is 2.41. The number of halogens is 3. The summed E-state index contributed by atoms with van der Waals surface area (Å²) in [4.78, 5) is 10.9. The van der Waals surface area contributed by atoms with Crippen molar-refractivity contribution in [1.82, 2.24) is 5.32 Å². The molecular formula is C13H22F3NO2. The van der Waals surface area contributed by atoms with E-state index in [1.165, 1.54) is 0 Å². The summed E-state index contributed by atoms with van der Waals surface area (Å²) in [5, 5.41) is 11.1. The lowest BCUT2D eigenvalue weighted by Crippen LogP contribution is -2.52. The van der Waals surface area contributed by atoms with Crippen molar-refractivity contribution in [2.24, 2.45) is 5.92 Å². The van der Waals surface area contributed by atoms with E-state index in [9.17, 15) is 18.0 Å². The average Bonchev–Trinajstić information content (AvgIpc) is 2.25. The van der Waals surface area contributed by atoms with Crippen LogP contribution in [0, 0.1) is 5.92 Å². The normalized spacial score (nSPS) is 15.3. The molecule has 0 rings (SSSR count). The summed E-state index contributed by atoms with van der Waals surface area (Å²) in [6.45, 7) is 6.67. The Morgan fingerprint density at radius 1 is 1.37 bits per heavy atom. The number of carboxylic acid groups (broad SMARTS) is 1. The quantitative estimate of drug-likeness (QED) is 0.503. The number of hydrogen-bond acceptors (Lipinski definition) is 2. The summed E-state index contributed by atoms with van der Waals surface area (Å²) in [5.74, 6) is -1.66. The first-order valence-electron chi connectivity index (χ1n) is 6.36. The van der Waals surface area contributed by atoms with Gasteiger partial charge in [0.2, 0.25) is 0 Å². The molecule has 0 aromatic heterocycles. The van der Waals surface area contributed by atoms with Gasteiger partial charge in [-0.15, -0.1) is 6.58 Å². The molecule has 0 radical (unpaired) electrons. The zero-order chi connectivity index (χ0) is 15.1. The van der Waals surface area contributed by atoms with Gasteiger partial charge in [-0.25, -0.2) is 0 Å². The molecule has 0 saturated heterocycles. The van der Waals surface area contributed by atoms with Gasteiger partial charge in [0.25, 0.3) is 0 Å². The van der Waals surface area contributed by atoms with E-state index < -0.39 is 30.1 Å². The van der Waals surface area contributed by atoms with Crippen molar-refractivity contribution in [2.45, 2.75) is 57.8 Å². The van der Waals surface area contributed by atoms with Crippen molar-refractivity contribution in [1.29, 1.82) is 0 Å². The van der Waals surface area contributed by atoms with Gasteiger partial charge < -0.3 is 5.11 Å². The van der Waals surface area contributed by atoms with E-state index in [0.717, 1.165) is 0 Å². The third kappa shape index (κ3) is 7.20. The second-order valence-corrected chi connectivity index (χ2v) is 4.89. The van der Waals surface area contributed by atoms with Crippen LogP contribution in [0.2, 0.25) is 0 Å². The van der Waals surface area contributed by atoms with Crippen LogP contribution in [0.25, 0.3) is 0 Å². The van der Waals surface area contributed by atoms with E-state index in [0.29, 0.717) is 19.3 Å². The third-order valence-corrected chi connectivity index (χ3v) is 2.86. The van der Waals surface area contributed by atoms with Crippen LogP contribution in [-0.2, 0) is 4.79 Å². The molecule has 3 nitrogen and oxygen atoms in total. The first-order chi connectivity index (χ1) is 8.70. The minimum atomic E-state index is -4.43. The summed E-state index contributed by atoms with van der Waals surface area (Å²) >= 11 is 0. The van der Waals surface area contributed by atoms with Crippen LogP contribution in [0.5, 0.6) is 0 Å². The van der Waals surface area contributed by atoms with E-state index in [2.05, 4.69) is 11.9 Å². The predicted molar refractivity (Wildman–Crippen MR) is 67.9 cm³/mol. The average molecular weight is 281 g/mol. The first kappa shape index (κ1) is 18.0. The van der Waals surface area contributed by atoms with Gasteiger partial charge in [0.1, 0.15) is 12.1 Å². The van der Waals surface area contributed by atoms with Gasteiger partial charge in [0, 0.05) is 0 Å². The number of alkyl halides is 3. The van der Waals surface area contributed by atoms with E-state index in [4.69, 9.17) is 5.11 Å². The maximum Gasteiger partial charge on any atom is 0.403 e. The Bertz CT molecular complexity index is 290. The number of aliphatic carboxylic acids is 1. The molecule has 6 heteroatoms. The summed E-state index contributed by atoms with van der Waals surface area (Å²) in [5.41, 5.74) is 0. The van der Waals surface area contributed by atoms with Crippen LogP contribution < -0.4 is 5.32 Å². The first-order valence-corrected chi connectivity index (χ1v) is 6.36. The second kappa shape index (κ2) is 8.19. The number of carbonyl (C=O) groups is 1. The smallest absolute Gasteiger partial charge is 0.403 e. The molecule has 0 aliphatic carbocycles. The van der Waals surface area contributed by atoms with Gasteiger partial charge in [-0.2, -0.15) is 13.2 Å². The van der Waals surface area contributed by atoms with Gasteiger partial charge in [-0.3, -0.25) is 10.1 Å². The molecule has 19 heavy (non-hydrogen) atoms. The molecule has 0 amide bonds. The van der Waals surface area contributed by atoms with Crippen LogP contribution in [0.4, 0.5) is 13.2 Å². The Morgan fingerprint density at radius 2 is 1.95 bits per heavy atom. The van der Waals surface area contributed by atoms with Gasteiger partial charge in [-0.05, 0) is 25.2 Å². The number of allylic oxidation sites excluding steroid dienone is 1. The minimum Gasteiger partial charge on any atom is -0.480 e. The fourth-order valence-corrected chi connectivity index (χ4v) is 1.74. The third-order valence-electron chi connectivity index (χ3n) is 2.86. The van der Waals surface area contributed by atoms with Crippen LogP contribution in [0.3, 0.4) is 0 Å². The summed E-state index contributed by atoms with van der Waals surface area (Å²) in [6.07, 6.45) is -1.23. The maximum atomic E-state index is 12.8. The van der Waals surface area contributed by atoms with E-state index in [1.807, 2.05) is 0 Å². The van der Waals surface area contributed by atoms with Crippen molar-refractivity contribution in [3.05, 3.63) is 12.7 Å². The Morgan fingerprint density at radius 3 is 2.32 bits per heavy atom. The van der Waals surface area contributed by atoms with Gasteiger partial charge >= 0.3 is 12.1 Å². The summed E-state index contributed by atoms with van der Waals surface area (Å²) < 4.78 is 38.5. The topological polar surface area (TPSA) is 49.3 Å². The number of nitrogens with one attached hydrogen (secondary N) is 1. The van der Waals surface area contributed by atoms with E-state index in [-0.39, 0.29) is 6.42 Å². The van der Waals surface area contributed by atoms with Gasteiger partial charge in [0.15, 0.2) is 0 Å². The van der Waals surface area contributed by atoms with Crippen LogP contribution >= 0.6 is 0 Å². The highest BCUT2D eigenvalue weighted by molar-refractivity contribution is 5.73. The van der Waals surface area contributed by atoms with Gasteiger partial charge in [0.05, 0.1) is 0 Å². The van der Waals surface area contributed by atoms with Crippen molar-refractivity contribution in [3.8, 4) is 0 Å². The van der Waals surface area contributed by atoms with Crippen molar-refractivity contribution < 1.29 is 23.1 Å². The standard InChI is InChI=1S/C13H22F3NO2/c1-4-5-6-7-8-10(13(14,15)16)17-11(9(2)3)12(18)19/h4,9-11,17H,1,5-8H2,2-3H3,(H,18,19)/t10-,11+/m1/s1. The van der Waals surface area contributed by atoms with Crippen LogP contribution in [-0.4, -0.2) is 29.3 Å². The Balaban J connectivity index is 4.58. The Labute approximate surface area is 111 Å². The molecule has 0 fully saturated rings. The van der Waals surface area contributed by atoms with E-state index >= 15 is 0 Å². The molecule has 0 bridgehead atoms. The number of hydrogen-bond donors (Lipinski definition) is 2. The lowest BCUT2D eigenvalue weighted by Gasteiger charge is -2.27. The summed E-state index contributed by atoms with van der Waals surface area (Å²) in [6, 6.07) is -2.97. The van der Waals surface area contributed by atoms with E-state index in [1.54, 1.807) is 19.9 Å². The SMILES string of the molecule is C=CCCCC[C@@H](N[C@H](C(=O)O)C(C)C)C(F)(F)F. The highest BCUT2D eigenvalue weighted by atomic mass is 19.4. The number of carboxylic acids is 1. The molecule has 0 unspecified atom stereocenters. The number of unbranched alkanes of at least 4 members (excludes halogenated alkanes) is 2. The monoisotopic (exact) mass is 281 g/mol. The molecule has 0 aliphatic rings. The molecule has 2 atom stereocenters. The fourth-order valence-electron chi connectivity index (χ4n) is 1.74. The van der Waals surface area contributed by atoms with Gasteiger partial charge in [-0.1, -0.05) is 26.3 Å². The molecule has 0 aromatic rings. The predicted octanol–water partition coefficient (Wildman–Crippen LogP) is 3.36. The molecule has 0 saturated carbocycles. The molecule has 2 N–H and O–H groups in total. The Hall–Kier alpha value is -1.04. The Kier molecular flexibility index (Phi) is 7.75. The zero-order valence-corrected chi connectivity index (χ0v) is 11.3. The van der Waals surface area contributed by atoms with Crippen molar-refractivity contribution in [2.75, 3.05) is 0 Å².